The average molecular weight is 350 g/mol. The van der Waals surface area contributed by atoms with Crippen molar-refractivity contribution < 1.29 is 4.79 Å². The van der Waals surface area contributed by atoms with Gasteiger partial charge >= 0.3 is 0 Å². The third-order valence-corrected chi connectivity index (χ3v) is 7.16. The highest BCUT2D eigenvalue weighted by Crippen LogP contribution is 2.61. The molecule has 5 nitrogen and oxygen atoms in total. The lowest BCUT2D eigenvalue weighted by molar-refractivity contribution is -0.0688. The highest BCUT2D eigenvalue weighted by atomic mass is 16.1. The van der Waals surface area contributed by atoms with Crippen molar-refractivity contribution in [1.29, 1.82) is 0 Å². The van der Waals surface area contributed by atoms with Gasteiger partial charge in [-0.15, -0.1) is 0 Å². The lowest BCUT2D eigenvalue weighted by Crippen LogP contribution is -2.55. The molecule has 2 aromatic rings. The minimum absolute atomic E-state index is 0.0402. The van der Waals surface area contributed by atoms with E-state index in [1.165, 1.54) is 44.9 Å². The van der Waals surface area contributed by atoms with Gasteiger partial charge in [-0.2, -0.15) is 5.10 Å². The van der Waals surface area contributed by atoms with E-state index in [1.807, 2.05) is 24.3 Å². The number of hydrogen-bond acceptors (Lipinski definition) is 3. The molecular formula is C21H26N4O. The summed E-state index contributed by atoms with van der Waals surface area (Å²) in [7, 11) is 0. The van der Waals surface area contributed by atoms with Crippen molar-refractivity contribution in [2.75, 3.05) is 0 Å². The van der Waals surface area contributed by atoms with Crippen LogP contribution in [0.15, 0.2) is 36.9 Å². The normalized spacial score (nSPS) is 33.2. The van der Waals surface area contributed by atoms with Gasteiger partial charge in [0.2, 0.25) is 0 Å². The predicted molar refractivity (Wildman–Crippen MR) is 98.9 cm³/mol. The summed E-state index contributed by atoms with van der Waals surface area (Å²) in [5, 5.41) is 7.45. The molecule has 1 atom stereocenters. The molecule has 1 unspecified atom stereocenters. The zero-order valence-corrected chi connectivity index (χ0v) is 15.3. The van der Waals surface area contributed by atoms with Crippen LogP contribution in [-0.4, -0.2) is 26.7 Å². The van der Waals surface area contributed by atoms with Crippen molar-refractivity contribution in [2.24, 2.45) is 23.2 Å². The summed E-state index contributed by atoms with van der Waals surface area (Å²) in [5.74, 6) is 2.76. The summed E-state index contributed by atoms with van der Waals surface area (Å²) in [4.78, 5) is 16.8. The van der Waals surface area contributed by atoms with Crippen LogP contribution in [0.25, 0.3) is 5.69 Å². The summed E-state index contributed by atoms with van der Waals surface area (Å²) in [5.41, 5.74) is 1.96. The number of benzene rings is 1. The van der Waals surface area contributed by atoms with Crippen molar-refractivity contribution in [3.8, 4) is 5.69 Å². The molecule has 5 heteroatoms. The molecule has 1 amide bonds. The molecule has 0 aliphatic heterocycles. The zero-order valence-electron chi connectivity index (χ0n) is 15.3. The largest absolute Gasteiger partial charge is 0.349 e. The Morgan fingerprint density at radius 3 is 2.27 bits per heavy atom. The molecule has 4 aliphatic rings. The van der Waals surface area contributed by atoms with Crippen LogP contribution in [0.4, 0.5) is 0 Å². The summed E-state index contributed by atoms with van der Waals surface area (Å²) in [6, 6.07) is 7.83. The zero-order chi connectivity index (χ0) is 17.7. The van der Waals surface area contributed by atoms with Gasteiger partial charge in [0.25, 0.3) is 5.91 Å². The number of nitrogens with zero attached hydrogens (tertiary/aromatic N) is 3. The molecule has 26 heavy (non-hydrogen) atoms. The van der Waals surface area contributed by atoms with Crippen molar-refractivity contribution in [3.63, 3.8) is 0 Å². The Labute approximate surface area is 154 Å². The first-order valence-electron chi connectivity index (χ1n) is 9.87. The van der Waals surface area contributed by atoms with Crippen molar-refractivity contribution in [2.45, 2.75) is 51.5 Å². The molecule has 1 aromatic carbocycles. The van der Waals surface area contributed by atoms with Crippen molar-refractivity contribution >= 4 is 5.91 Å². The van der Waals surface area contributed by atoms with E-state index in [2.05, 4.69) is 22.3 Å². The highest BCUT2D eigenvalue weighted by Gasteiger charge is 2.53. The van der Waals surface area contributed by atoms with E-state index in [0.29, 0.717) is 11.0 Å². The van der Waals surface area contributed by atoms with Crippen molar-refractivity contribution in [3.05, 3.63) is 42.5 Å². The van der Waals surface area contributed by atoms with Crippen LogP contribution in [0.2, 0.25) is 0 Å². The van der Waals surface area contributed by atoms with Crippen LogP contribution < -0.4 is 5.32 Å². The Bertz CT molecular complexity index is 761. The Balaban J connectivity index is 1.29. The van der Waals surface area contributed by atoms with Crippen LogP contribution in [0.1, 0.15) is 55.8 Å². The lowest BCUT2D eigenvalue weighted by Gasteiger charge is -2.59. The molecule has 0 spiro atoms. The Hall–Kier alpha value is -2.17. The molecule has 4 fully saturated rings. The highest BCUT2D eigenvalue weighted by molar-refractivity contribution is 5.94. The van der Waals surface area contributed by atoms with Gasteiger partial charge in [0.05, 0.1) is 5.69 Å². The molecule has 0 radical (unpaired) electrons. The van der Waals surface area contributed by atoms with Crippen LogP contribution >= 0.6 is 0 Å². The number of hydrogen-bond donors (Lipinski definition) is 1. The van der Waals surface area contributed by atoms with Crippen molar-refractivity contribution in [1.82, 2.24) is 20.1 Å². The van der Waals surface area contributed by atoms with E-state index < -0.39 is 0 Å². The second kappa shape index (κ2) is 5.93. The molecule has 4 aliphatic carbocycles. The monoisotopic (exact) mass is 350 g/mol. The standard InChI is InChI=1S/C21H26N4O/c1-14(21-9-15-6-16(10-21)8-17(7-15)11-21)24-20(26)18-2-4-19(5-3-18)25-13-22-12-23-25/h2-5,12-17H,6-11H2,1H3,(H,24,26). The van der Waals surface area contributed by atoms with Crippen LogP contribution in [0.3, 0.4) is 0 Å². The lowest BCUT2D eigenvalue weighted by atomic mass is 9.48. The van der Waals surface area contributed by atoms with E-state index in [-0.39, 0.29) is 11.9 Å². The summed E-state index contributed by atoms with van der Waals surface area (Å²) < 4.78 is 1.69. The average Bonchev–Trinajstić information content (AvgIpc) is 3.15. The Morgan fingerprint density at radius 1 is 1.12 bits per heavy atom. The molecule has 136 valence electrons. The molecule has 0 saturated heterocycles. The number of amides is 1. The van der Waals surface area contributed by atoms with Gasteiger partial charge in [-0.1, -0.05) is 0 Å². The number of rotatable bonds is 4. The minimum Gasteiger partial charge on any atom is -0.349 e. The van der Waals surface area contributed by atoms with Crippen LogP contribution in [-0.2, 0) is 0 Å². The third-order valence-electron chi connectivity index (χ3n) is 7.16. The predicted octanol–water partition coefficient (Wildman–Crippen LogP) is 3.60. The quantitative estimate of drug-likeness (QED) is 0.916. The summed E-state index contributed by atoms with van der Waals surface area (Å²) in [6.45, 7) is 2.23. The molecule has 4 bridgehead atoms. The smallest absolute Gasteiger partial charge is 0.251 e. The van der Waals surface area contributed by atoms with E-state index in [9.17, 15) is 4.79 Å². The topological polar surface area (TPSA) is 59.8 Å². The Morgan fingerprint density at radius 2 is 1.73 bits per heavy atom. The number of carbonyl (C=O) groups excluding carboxylic acids is 1. The molecular weight excluding hydrogens is 324 g/mol. The second-order valence-corrected chi connectivity index (χ2v) is 8.86. The molecule has 1 N–H and O–H groups in total. The SMILES string of the molecule is CC(NC(=O)c1ccc(-n2cncn2)cc1)C12CC3CC(CC(C3)C1)C2. The Kier molecular flexibility index (Phi) is 3.66. The molecule has 1 heterocycles. The fourth-order valence-electron chi connectivity index (χ4n) is 6.25. The van der Waals surface area contributed by atoms with E-state index in [4.69, 9.17) is 0 Å². The first-order valence-corrected chi connectivity index (χ1v) is 9.87. The van der Waals surface area contributed by atoms with E-state index in [1.54, 1.807) is 11.0 Å². The maximum Gasteiger partial charge on any atom is 0.251 e. The molecule has 1 aromatic heterocycles. The van der Waals surface area contributed by atoms with Gasteiger partial charge in [-0.25, -0.2) is 9.67 Å². The number of nitrogens with one attached hydrogen (secondary N) is 1. The first-order chi connectivity index (χ1) is 12.6. The van der Waals surface area contributed by atoms with Gasteiger partial charge in [0.15, 0.2) is 0 Å². The van der Waals surface area contributed by atoms with Gasteiger partial charge < -0.3 is 5.32 Å². The fraction of sp³-hybridized carbons (Fsp3) is 0.571. The third kappa shape index (κ3) is 2.65. The first kappa shape index (κ1) is 16.0. The maximum atomic E-state index is 12.8. The number of carbonyl (C=O) groups is 1. The van der Waals surface area contributed by atoms with E-state index in [0.717, 1.165) is 23.4 Å². The molecule has 4 saturated carbocycles. The fourth-order valence-corrected chi connectivity index (χ4v) is 6.25. The van der Waals surface area contributed by atoms with Gasteiger partial charge in [-0.05, 0) is 92.9 Å². The summed E-state index contributed by atoms with van der Waals surface area (Å²) >= 11 is 0. The van der Waals surface area contributed by atoms with Gasteiger partial charge in [0, 0.05) is 11.6 Å². The minimum atomic E-state index is 0.0402. The maximum absolute atomic E-state index is 12.8. The van der Waals surface area contributed by atoms with Crippen LogP contribution in [0.5, 0.6) is 0 Å². The van der Waals surface area contributed by atoms with Gasteiger partial charge in [0.1, 0.15) is 12.7 Å². The van der Waals surface area contributed by atoms with Gasteiger partial charge in [-0.3, -0.25) is 4.79 Å². The number of aromatic nitrogens is 3. The summed E-state index contributed by atoms with van der Waals surface area (Å²) in [6.07, 6.45) is 11.4. The van der Waals surface area contributed by atoms with Crippen LogP contribution in [0, 0.1) is 23.2 Å². The molecule has 6 rings (SSSR count). The second-order valence-electron chi connectivity index (χ2n) is 8.86. The van der Waals surface area contributed by atoms with E-state index >= 15 is 0 Å².